The molecule has 2 aromatic rings. The highest BCUT2D eigenvalue weighted by Gasteiger charge is 2.31. The second-order valence-corrected chi connectivity index (χ2v) is 8.04. The summed E-state index contributed by atoms with van der Waals surface area (Å²) in [6.45, 7) is 4.10. The van der Waals surface area contributed by atoms with Gasteiger partial charge < -0.3 is 15.8 Å². The first-order valence-electron chi connectivity index (χ1n) is 9.16. The summed E-state index contributed by atoms with van der Waals surface area (Å²) in [6.07, 6.45) is 4.38. The molecule has 1 aliphatic heterocycles. The van der Waals surface area contributed by atoms with Crippen LogP contribution in [0.1, 0.15) is 42.6 Å². The van der Waals surface area contributed by atoms with Crippen molar-refractivity contribution in [3.8, 4) is 5.75 Å². The van der Waals surface area contributed by atoms with E-state index in [9.17, 15) is 13.2 Å². The fourth-order valence-electron chi connectivity index (χ4n) is 3.04. The lowest BCUT2D eigenvalue weighted by atomic mass is 9.93. The van der Waals surface area contributed by atoms with Gasteiger partial charge in [0.2, 0.25) is 0 Å². The lowest BCUT2D eigenvalue weighted by Gasteiger charge is -2.33. The van der Waals surface area contributed by atoms with Gasteiger partial charge in [0.25, 0.3) is 5.91 Å². The number of nitrogens with one attached hydrogen (secondary N) is 2. The number of carbonyl (C=O) groups is 1. The molecule has 0 aliphatic carbocycles. The third kappa shape index (κ3) is 4.48. The van der Waals surface area contributed by atoms with Crippen LogP contribution in [0.15, 0.2) is 47.1 Å². The molecule has 0 saturated heterocycles. The maximum Gasteiger partial charge on any atom is 0.344 e. The van der Waals surface area contributed by atoms with Crippen molar-refractivity contribution in [3.63, 3.8) is 0 Å². The van der Waals surface area contributed by atoms with E-state index in [1.807, 2.05) is 13.8 Å². The number of amides is 1. The smallest absolute Gasteiger partial charge is 0.344 e. The van der Waals surface area contributed by atoms with Crippen LogP contribution in [0.4, 0.5) is 5.69 Å². The van der Waals surface area contributed by atoms with Gasteiger partial charge in [-0.05, 0) is 37.1 Å². The fourth-order valence-corrected chi connectivity index (χ4v) is 3.88. The van der Waals surface area contributed by atoms with Crippen molar-refractivity contribution in [1.82, 2.24) is 10.3 Å². The van der Waals surface area contributed by atoms with Gasteiger partial charge in [-0.1, -0.05) is 19.9 Å². The Balaban J connectivity index is 1.82. The number of fused-ring (bicyclic) bond motifs is 1. The summed E-state index contributed by atoms with van der Waals surface area (Å²) in [5.74, 6) is 0.0213. The molecule has 1 amide bonds. The van der Waals surface area contributed by atoms with Crippen molar-refractivity contribution in [2.24, 2.45) is 10.1 Å². The van der Waals surface area contributed by atoms with Crippen LogP contribution in [0.2, 0.25) is 0 Å². The van der Waals surface area contributed by atoms with E-state index in [1.54, 1.807) is 42.7 Å². The predicted octanol–water partition coefficient (Wildman–Crippen LogP) is 1.82. The van der Waals surface area contributed by atoms with Gasteiger partial charge in [-0.15, -0.1) is 4.40 Å². The van der Waals surface area contributed by atoms with Crippen molar-refractivity contribution in [2.75, 3.05) is 11.3 Å². The number of hydrogen-bond donors (Lipinski definition) is 3. The number of carbonyl (C=O) groups excluding carboxylic acids is 1. The quantitative estimate of drug-likeness (QED) is 0.629. The van der Waals surface area contributed by atoms with E-state index < -0.39 is 15.7 Å². The molecule has 4 N–H and O–H groups in total. The number of rotatable bonds is 7. The summed E-state index contributed by atoms with van der Waals surface area (Å²) in [7, 11) is -3.87. The molecule has 10 heteroatoms. The highest BCUT2D eigenvalue weighted by atomic mass is 32.2. The topological polar surface area (TPSA) is 136 Å². The summed E-state index contributed by atoms with van der Waals surface area (Å²) in [5, 5.41) is 3.06. The van der Waals surface area contributed by atoms with Crippen LogP contribution in [-0.2, 0) is 10.2 Å². The summed E-state index contributed by atoms with van der Waals surface area (Å²) in [6, 6.07) is 8.21. The van der Waals surface area contributed by atoms with Crippen LogP contribution < -0.4 is 20.5 Å². The van der Waals surface area contributed by atoms with Gasteiger partial charge in [0, 0.05) is 18.0 Å². The second-order valence-electron chi connectivity index (χ2n) is 6.70. The third-order valence-corrected chi connectivity index (χ3v) is 5.83. The van der Waals surface area contributed by atoms with E-state index in [2.05, 4.69) is 19.4 Å². The zero-order valence-corrected chi connectivity index (χ0v) is 17.0. The first-order valence-corrected chi connectivity index (χ1v) is 10.6. The van der Waals surface area contributed by atoms with Crippen molar-refractivity contribution >= 4 is 27.6 Å². The standard InChI is InChI=1S/C19H23N5O4S/c1-3-19(4-2,22-18(25)13-8-10-21-11-9-13)12-28-15-7-5-6-14-16(15)17(20)24-29(26,27)23-14/h5-11,23H,3-4,12H2,1-2H3,(H2,20,24)(H,22,25). The maximum absolute atomic E-state index is 12.6. The highest BCUT2D eigenvalue weighted by molar-refractivity contribution is 7.91. The van der Waals surface area contributed by atoms with Gasteiger partial charge in [0.05, 0.1) is 16.8 Å². The van der Waals surface area contributed by atoms with Gasteiger partial charge in [-0.2, -0.15) is 8.42 Å². The Morgan fingerprint density at radius 3 is 2.55 bits per heavy atom. The molecule has 2 heterocycles. The number of pyridine rings is 1. The molecule has 0 spiro atoms. The van der Waals surface area contributed by atoms with Crippen molar-refractivity contribution < 1.29 is 17.9 Å². The number of amidine groups is 1. The Kier molecular flexibility index (Phi) is 5.73. The minimum atomic E-state index is -3.87. The summed E-state index contributed by atoms with van der Waals surface area (Å²) in [5.41, 5.74) is 6.42. The third-order valence-electron chi connectivity index (χ3n) is 4.92. The van der Waals surface area contributed by atoms with Gasteiger partial charge in [-0.3, -0.25) is 14.5 Å². The number of benzene rings is 1. The molecule has 0 saturated carbocycles. The SMILES string of the molecule is CCC(CC)(COc1cccc2c1C(N)=NS(=O)(=O)N2)NC(=O)c1ccncc1. The van der Waals surface area contributed by atoms with Crippen LogP contribution in [-0.4, -0.2) is 37.3 Å². The van der Waals surface area contributed by atoms with Gasteiger partial charge in [0.1, 0.15) is 12.4 Å². The molecule has 0 atom stereocenters. The fraction of sp³-hybridized carbons (Fsp3) is 0.316. The van der Waals surface area contributed by atoms with Gasteiger partial charge in [0.15, 0.2) is 5.84 Å². The van der Waals surface area contributed by atoms with Crippen molar-refractivity contribution in [1.29, 1.82) is 0 Å². The van der Waals surface area contributed by atoms with E-state index in [1.165, 1.54) is 0 Å². The van der Waals surface area contributed by atoms with Gasteiger partial charge >= 0.3 is 10.2 Å². The first kappa shape index (κ1) is 20.6. The predicted molar refractivity (Wildman–Crippen MR) is 110 cm³/mol. The average molecular weight is 417 g/mol. The van der Waals surface area contributed by atoms with Crippen molar-refractivity contribution in [3.05, 3.63) is 53.9 Å². The molecule has 1 aromatic heterocycles. The molecular formula is C19H23N5O4S. The largest absolute Gasteiger partial charge is 0.490 e. The summed E-state index contributed by atoms with van der Waals surface area (Å²) >= 11 is 0. The van der Waals surface area contributed by atoms with E-state index in [-0.39, 0.29) is 18.3 Å². The Labute approximate surface area is 169 Å². The molecule has 1 aromatic carbocycles. The van der Waals surface area contributed by atoms with E-state index >= 15 is 0 Å². The average Bonchev–Trinajstić information content (AvgIpc) is 2.70. The number of anilines is 1. The highest BCUT2D eigenvalue weighted by Crippen LogP contribution is 2.31. The number of aromatic nitrogens is 1. The van der Waals surface area contributed by atoms with Crippen LogP contribution in [0, 0.1) is 0 Å². The van der Waals surface area contributed by atoms with Crippen LogP contribution in [0.25, 0.3) is 0 Å². The van der Waals surface area contributed by atoms with Crippen LogP contribution >= 0.6 is 0 Å². The van der Waals surface area contributed by atoms with E-state index in [0.717, 1.165) is 0 Å². The summed E-state index contributed by atoms with van der Waals surface area (Å²) in [4.78, 5) is 16.6. The molecule has 0 bridgehead atoms. The van der Waals surface area contributed by atoms with E-state index in [4.69, 9.17) is 10.5 Å². The molecule has 29 heavy (non-hydrogen) atoms. The first-order chi connectivity index (χ1) is 13.8. The van der Waals surface area contributed by atoms with Gasteiger partial charge in [-0.25, -0.2) is 0 Å². The Morgan fingerprint density at radius 1 is 1.21 bits per heavy atom. The van der Waals surface area contributed by atoms with Crippen LogP contribution in [0.5, 0.6) is 5.75 Å². The second kappa shape index (κ2) is 8.08. The Morgan fingerprint density at radius 2 is 1.90 bits per heavy atom. The molecule has 0 fully saturated rings. The Hall–Kier alpha value is -3.14. The Bertz CT molecular complexity index is 1030. The van der Waals surface area contributed by atoms with Crippen LogP contribution in [0.3, 0.4) is 0 Å². The zero-order valence-electron chi connectivity index (χ0n) is 16.2. The minimum absolute atomic E-state index is 0.145. The lowest BCUT2D eigenvalue weighted by molar-refractivity contribution is 0.0837. The van der Waals surface area contributed by atoms with E-state index in [0.29, 0.717) is 35.4 Å². The van der Waals surface area contributed by atoms with Crippen molar-refractivity contribution in [2.45, 2.75) is 32.2 Å². The molecule has 0 radical (unpaired) electrons. The molecule has 154 valence electrons. The summed E-state index contributed by atoms with van der Waals surface area (Å²) < 4.78 is 35.3. The number of hydrogen-bond acceptors (Lipinski definition) is 6. The number of ether oxygens (including phenoxy) is 1. The molecule has 9 nitrogen and oxygen atoms in total. The molecule has 1 aliphatic rings. The number of nitrogens with zero attached hydrogens (tertiary/aromatic N) is 2. The lowest BCUT2D eigenvalue weighted by Crippen LogP contribution is -2.52. The number of nitrogens with two attached hydrogens (primary N) is 1. The minimum Gasteiger partial charge on any atom is -0.490 e. The maximum atomic E-state index is 12.6. The molecule has 0 unspecified atom stereocenters. The monoisotopic (exact) mass is 417 g/mol. The zero-order chi connectivity index (χ0) is 21.1. The normalized spacial score (nSPS) is 14.9. The molecular weight excluding hydrogens is 394 g/mol. The molecule has 3 rings (SSSR count).